The molecule has 0 fully saturated rings. The second kappa shape index (κ2) is 6.54. The first kappa shape index (κ1) is 15.3. The van der Waals surface area contributed by atoms with Crippen LogP contribution in [0.25, 0.3) is 0 Å². The van der Waals surface area contributed by atoms with Gasteiger partial charge in [-0.25, -0.2) is 4.79 Å². The van der Waals surface area contributed by atoms with E-state index >= 15 is 0 Å². The van der Waals surface area contributed by atoms with E-state index in [2.05, 4.69) is 15.9 Å². The van der Waals surface area contributed by atoms with Crippen molar-refractivity contribution in [2.24, 2.45) is 0 Å². The van der Waals surface area contributed by atoms with Gasteiger partial charge in [-0.1, -0.05) is 34.1 Å². The highest BCUT2D eigenvalue weighted by molar-refractivity contribution is 9.10. The third-order valence-electron chi connectivity index (χ3n) is 2.95. The zero-order valence-electron chi connectivity index (χ0n) is 11.3. The first-order valence-corrected chi connectivity index (χ1v) is 7.03. The summed E-state index contributed by atoms with van der Waals surface area (Å²) in [5, 5.41) is 9.15. The molecule has 0 aromatic heterocycles. The number of carbonyl (C=O) groups excluding carboxylic acids is 1. The Labute approximate surface area is 130 Å². The Hall–Kier alpha value is -2.14. The zero-order chi connectivity index (χ0) is 15.4. The average molecular weight is 349 g/mol. The fourth-order valence-electron chi connectivity index (χ4n) is 1.87. The van der Waals surface area contributed by atoms with Crippen LogP contribution in [0.4, 0.5) is 0 Å². The number of benzene rings is 2. The van der Waals surface area contributed by atoms with Crippen LogP contribution in [0.3, 0.4) is 0 Å². The normalized spacial score (nSPS) is 10.2. The van der Waals surface area contributed by atoms with Gasteiger partial charge in [-0.05, 0) is 31.2 Å². The number of ether oxygens (including phenoxy) is 1. The van der Waals surface area contributed by atoms with Gasteiger partial charge in [-0.15, -0.1) is 0 Å². The molecule has 0 bridgehead atoms. The number of hydrogen-bond donors (Lipinski definition) is 1. The number of rotatable bonds is 5. The van der Waals surface area contributed by atoms with E-state index in [0.717, 1.165) is 10.0 Å². The molecule has 0 atom stereocenters. The van der Waals surface area contributed by atoms with Crippen LogP contribution in [0.5, 0.6) is 5.75 Å². The van der Waals surface area contributed by atoms with Gasteiger partial charge in [-0.3, -0.25) is 4.79 Å². The van der Waals surface area contributed by atoms with Gasteiger partial charge in [-0.2, -0.15) is 0 Å². The van der Waals surface area contributed by atoms with E-state index < -0.39 is 5.97 Å². The molecule has 0 unspecified atom stereocenters. The quantitative estimate of drug-likeness (QED) is 0.831. The minimum Gasteiger partial charge on any atom is -0.489 e. The van der Waals surface area contributed by atoms with Gasteiger partial charge in [0.05, 0.1) is 5.56 Å². The second-order valence-electron chi connectivity index (χ2n) is 4.45. The highest BCUT2D eigenvalue weighted by atomic mass is 79.9. The van der Waals surface area contributed by atoms with Gasteiger partial charge in [0.25, 0.3) is 0 Å². The molecule has 2 aromatic rings. The van der Waals surface area contributed by atoms with Crippen molar-refractivity contribution >= 4 is 27.7 Å². The molecule has 0 aliphatic carbocycles. The Morgan fingerprint density at radius 3 is 2.48 bits per heavy atom. The molecule has 21 heavy (non-hydrogen) atoms. The van der Waals surface area contributed by atoms with Crippen LogP contribution in [-0.4, -0.2) is 16.9 Å². The molecule has 2 aromatic carbocycles. The van der Waals surface area contributed by atoms with Crippen molar-refractivity contribution in [2.45, 2.75) is 13.5 Å². The Bertz CT molecular complexity index is 694. The number of ketones is 1. The molecule has 0 spiro atoms. The molecule has 0 radical (unpaired) electrons. The Morgan fingerprint density at radius 2 is 1.86 bits per heavy atom. The van der Waals surface area contributed by atoms with E-state index in [0.29, 0.717) is 12.4 Å². The molecule has 0 saturated carbocycles. The van der Waals surface area contributed by atoms with Crippen molar-refractivity contribution in [3.63, 3.8) is 0 Å². The molecule has 0 saturated heterocycles. The molecule has 4 nitrogen and oxygen atoms in total. The van der Waals surface area contributed by atoms with Crippen molar-refractivity contribution in [3.8, 4) is 5.75 Å². The summed E-state index contributed by atoms with van der Waals surface area (Å²) in [5.74, 6) is -1.02. The highest BCUT2D eigenvalue weighted by Crippen LogP contribution is 2.22. The van der Waals surface area contributed by atoms with Gasteiger partial charge in [0.15, 0.2) is 5.78 Å². The first-order valence-electron chi connectivity index (χ1n) is 6.23. The molecular weight excluding hydrogens is 336 g/mol. The van der Waals surface area contributed by atoms with E-state index in [4.69, 9.17) is 9.84 Å². The van der Waals surface area contributed by atoms with E-state index in [1.165, 1.54) is 19.1 Å². The maximum atomic E-state index is 11.4. The first-order chi connectivity index (χ1) is 9.99. The molecule has 5 heteroatoms. The van der Waals surface area contributed by atoms with Crippen LogP contribution in [0.2, 0.25) is 0 Å². The Kier molecular flexibility index (Phi) is 4.75. The van der Waals surface area contributed by atoms with E-state index in [-0.39, 0.29) is 16.9 Å². The van der Waals surface area contributed by atoms with E-state index in [1.807, 2.05) is 24.3 Å². The number of Topliss-reactive ketones (excluding diaryl/α,β-unsaturated/α-hetero) is 1. The van der Waals surface area contributed by atoms with Gasteiger partial charge < -0.3 is 9.84 Å². The maximum absolute atomic E-state index is 11.4. The molecule has 0 amide bonds. The number of carbonyl (C=O) groups is 2. The van der Waals surface area contributed by atoms with Crippen LogP contribution >= 0.6 is 15.9 Å². The Balaban J connectivity index is 2.22. The summed E-state index contributed by atoms with van der Waals surface area (Å²) in [4.78, 5) is 22.6. The molecule has 1 N–H and O–H groups in total. The lowest BCUT2D eigenvalue weighted by Gasteiger charge is -2.10. The van der Waals surface area contributed by atoms with Crippen LogP contribution in [0.1, 0.15) is 33.2 Å². The van der Waals surface area contributed by atoms with Gasteiger partial charge in [0, 0.05) is 15.6 Å². The fourth-order valence-corrected chi connectivity index (χ4v) is 2.27. The molecule has 0 heterocycles. The summed E-state index contributed by atoms with van der Waals surface area (Å²) < 4.78 is 6.51. The minimum absolute atomic E-state index is 0.0490. The average Bonchev–Trinajstić information content (AvgIpc) is 2.46. The van der Waals surface area contributed by atoms with E-state index in [9.17, 15) is 9.59 Å². The highest BCUT2D eigenvalue weighted by Gasteiger charge is 2.14. The summed E-state index contributed by atoms with van der Waals surface area (Å²) in [7, 11) is 0. The number of halogens is 1. The molecule has 2 rings (SSSR count). The van der Waals surface area contributed by atoms with Gasteiger partial charge >= 0.3 is 5.97 Å². The zero-order valence-corrected chi connectivity index (χ0v) is 12.9. The van der Waals surface area contributed by atoms with Crippen molar-refractivity contribution in [1.29, 1.82) is 0 Å². The monoisotopic (exact) mass is 348 g/mol. The number of aromatic carboxylic acids is 1. The summed E-state index contributed by atoms with van der Waals surface area (Å²) in [6.45, 7) is 1.64. The summed E-state index contributed by atoms with van der Waals surface area (Å²) in [5.41, 5.74) is 1.08. The SMILES string of the molecule is CC(=O)c1ccc(OCc2ccccc2Br)cc1C(=O)O. The minimum atomic E-state index is -1.15. The van der Waals surface area contributed by atoms with Crippen LogP contribution < -0.4 is 4.74 Å². The van der Waals surface area contributed by atoms with E-state index in [1.54, 1.807) is 6.07 Å². The lowest BCUT2D eigenvalue weighted by atomic mass is 10.0. The smallest absolute Gasteiger partial charge is 0.336 e. The lowest BCUT2D eigenvalue weighted by molar-refractivity contribution is 0.0691. The van der Waals surface area contributed by atoms with Crippen LogP contribution in [-0.2, 0) is 6.61 Å². The number of carboxylic acids is 1. The van der Waals surface area contributed by atoms with Crippen molar-refractivity contribution in [2.75, 3.05) is 0 Å². The molecule has 0 aliphatic rings. The van der Waals surface area contributed by atoms with Crippen molar-refractivity contribution in [3.05, 3.63) is 63.6 Å². The molecule has 108 valence electrons. The third kappa shape index (κ3) is 3.70. The number of hydrogen-bond acceptors (Lipinski definition) is 3. The van der Waals surface area contributed by atoms with Crippen molar-refractivity contribution < 1.29 is 19.4 Å². The van der Waals surface area contributed by atoms with Crippen LogP contribution in [0, 0.1) is 0 Å². The maximum Gasteiger partial charge on any atom is 0.336 e. The third-order valence-corrected chi connectivity index (χ3v) is 3.73. The van der Waals surface area contributed by atoms with Gasteiger partial charge in [0.2, 0.25) is 0 Å². The summed E-state index contributed by atoms with van der Waals surface area (Å²) in [6.07, 6.45) is 0. The second-order valence-corrected chi connectivity index (χ2v) is 5.30. The predicted octanol–water partition coefficient (Wildman–Crippen LogP) is 3.93. The van der Waals surface area contributed by atoms with Crippen molar-refractivity contribution in [1.82, 2.24) is 0 Å². The number of carboxylic acid groups (broad SMARTS) is 1. The fraction of sp³-hybridized carbons (Fsp3) is 0.125. The largest absolute Gasteiger partial charge is 0.489 e. The van der Waals surface area contributed by atoms with Crippen LogP contribution in [0.15, 0.2) is 46.9 Å². The molecule has 0 aliphatic heterocycles. The van der Waals surface area contributed by atoms with Gasteiger partial charge in [0.1, 0.15) is 12.4 Å². The summed E-state index contributed by atoms with van der Waals surface area (Å²) in [6, 6.07) is 12.0. The Morgan fingerprint density at radius 1 is 1.14 bits per heavy atom. The predicted molar refractivity (Wildman–Crippen MR) is 81.9 cm³/mol. The standard InChI is InChI=1S/C16H13BrO4/c1-10(18)13-7-6-12(8-14(13)16(19)20)21-9-11-4-2-3-5-15(11)17/h2-8H,9H2,1H3,(H,19,20). The topological polar surface area (TPSA) is 63.6 Å². The summed E-state index contributed by atoms with van der Waals surface area (Å²) >= 11 is 3.42. The lowest BCUT2D eigenvalue weighted by Crippen LogP contribution is -2.07. The molecular formula is C16H13BrO4.